The van der Waals surface area contributed by atoms with Crippen molar-refractivity contribution in [3.63, 3.8) is 0 Å². The van der Waals surface area contributed by atoms with Crippen LogP contribution in [0.1, 0.15) is 60.1 Å². The lowest BCUT2D eigenvalue weighted by Crippen LogP contribution is -2.46. The third-order valence-corrected chi connectivity index (χ3v) is 6.23. The van der Waals surface area contributed by atoms with Crippen LogP contribution in [0, 0.1) is 0 Å². The smallest absolute Gasteiger partial charge is 0.257 e. The maximum atomic E-state index is 12.8. The normalized spacial score (nSPS) is 20.1. The average Bonchev–Trinajstić information content (AvgIpc) is 3.43. The number of nitrogens with zero attached hydrogens (tertiary/aromatic N) is 5. The molecular formula is C20H29N5O4. The zero-order valence-electron chi connectivity index (χ0n) is 17.2. The molecule has 9 heteroatoms. The summed E-state index contributed by atoms with van der Waals surface area (Å²) in [5.41, 5.74) is 0.396. The second-order valence-corrected chi connectivity index (χ2v) is 8.06. The van der Waals surface area contributed by atoms with E-state index in [9.17, 15) is 4.79 Å². The summed E-state index contributed by atoms with van der Waals surface area (Å²) >= 11 is 0. The lowest BCUT2D eigenvalue weighted by Gasteiger charge is -2.39. The Hall–Kier alpha value is -2.26. The molecule has 4 heterocycles. The molecule has 2 aliphatic heterocycles. The van der Waals surface area contributed by atoms with Gasteiger partial charge < -0.3 is 18.9 Å². The van der Waals surface area contributed by atoms with Crippen LogP contribution in [0.3, 0.4) is 0 Å². The predicted octanol–water partition coefficient (Wildman–Crippen LogP) is 1.91. The predicted molar refractivity (Wildman–Crippen MR) is 104 cm³/mol. The summed E-state index contributed by atoms with van der Waals surface area (Å²) in [6.07, 6.45) is 7.60. The molecule has 9 nitrogen and oxygen atoms in total. The molecule has 2 saturated heterocycles. The van der Waals surface area contributed by atoms with Crippen LogP contribution in [-0.4, -0.2) is 70.7 Å². The Morgan fingerprint density at radius 2 is 2.07 bits per heavy atom. The highest BCUT2D eigenvalue weighted by molar-refractivity contribution is 5.93. The van der Waals surface area contributed by atoms with Crippen LogP contribution >= 0.6 is 0 Å². The van der Waals surface area contributed by atoms with Crippen LogP contribution in [0.4, 0.5) is 0 Å². The SMILES string of the molecule is COCCC1(c2noc(C3CCOCC3)n2)CCN(C(=O)c2cnn(C)c2)CC1. The van der Waals surface area contributed by atoms with Crippen molar-refractivity contribution in [2.45, 2.75) is 43.4 Å². The van der Waals surface area contributed by atoms with Gasteiger partial charge in [0.1, 0.15) is 0 Å². The van der Waals surface area contributed by atoms with Gasteiger partial charge in [-0.25, -0.2) is 0 Å². The van der Waals surface area contributed by atoms with Gasteiger partial charge >= 0.3 is 0 Å². The molecule has 158 valence electrons. The van der Waals surface area contributed by atoms with E-state index in [1.807, 2.05) is 11.9 Å². The summed E-state index contributed by atoms with van der Waals surface area (Å²) in [7, 11) is 3.52. The van der Waals surface area contributed by atoms with Crippen LogP contribution in [0.2, 0.25) is 0 Å². The molecule has 4 rings (SSSR count). The molecule has 2 aliphatic rings. The Morgan fingerprint density at radius 3 is 2.72 bits per heavy atom. The Bertz CT molecular complexity index is 818. The van der Waals surface area contributed by atoms with Gasteiger partial charge in [0.05, 0.1) is 11.8 Å². The summed E-state index contributed by atoms with van der Waals surface area (Å²) < 4.78 is 18.1. The standard InChI is InChI=1S/C20H29N5O4/c1-24-14-16(13-21-24)18(26)25-8-5-20(6-9-25,7-12-27-2)19-22-17(29-23-19)15-3-10-28-11-4-15/h13-15H,3-12H2,1-2H3. The number of hydrogen-bond acceptors (Lipinski definition) is 7. The molecule has 0 saturated carbocycles. The molecule has 0 radical (unpaired) electrons. The number of likely N-dealkylation sites (tertiary alicyclic amines) is 1. The summed E-state index contributed by atoms with van der Waals surface area (Å²) in [6, 6.07) is 0. The van der Waals surface area contributed by atoms with Gasteiger partial charge in [-0.3, -0.25) is 9.48 Å². The molecule has 0 aliphatic carbocycles. The van der Waals surface area contributed by atoms with Crippen molar-refractivity contribution in [1.82, 2.24) is 24.8 Å². The number of aromatic nitrogens is 4. The van der Waals surface area contributed by atoms with Crippen molar-refractivity contribution in [2.24, 2.45) is 7.05 Å². The second kappa shape index (κ2) is 8.62. The van der Waals surface area contributed by atoms with Gasteiger partial charge in [-0.1, -0.05) is 5.16 Å². The number of amides is 1. The van der Waals surface area contributed by atoms with E-state index in [1.54, 1.807) is 24.2 Å². The monoisotopic (exact) mass is 403 g/mol. The van der Waals surface area contributed by atoms with E-state index in [4.69, 9.17) is 19.0 Å². The molecular weight excluding hydrogens is 374 g/mol. The fraction of sp³-hybridized carbons (Fsp3) is 0.700. The zero-order chi connectivity index (χ0) is 20.3. The van der Waals surface area contributed by atoms with Gasteiger partial charge in [0.2, 0.25) is 5.89 Å². The molecule has 0 bridgehead atoms. The van der Waals surface area contributed by atoms with Crippen molar-refractivity contribution in [2.75, 3.05) is 40.0 Å². The molecule has 0 N–H and O–H groups in total. The lowest BCUT2D eigenvalue weighted by molar-refractivity contribution is 0.0616. The lowest BCUT2D eigenvalue weighted by atomic mass is 9.75. The molecule has 0 aromatic carbocycles. The van der Waals surface area contributed by atoms with E-state index in [0.29, 0.717) is 31.2 Å². The van der Waals surface area contributed by atoms with Gasteiger partial charge in [0.25, 0.3) is 5.91 Å². The first-order chi connectivity index (χ1) is 14.1. The number of piperidine rings is 1. The number of methoxy groups -OCH3 is 1. The molecule has 2 aromatic rings. The van der Waals surface area contributed by atoms with Crippen LogP contribution < -0.4 is 0 Å². The third-order valence-electron chi connectivity index (χ3n) is 6.23. The maximum Gasteiger partial charge on any atom is 0.257 e. The third kappa shape index (κ3) is 4.20. The molecule has 0 spiro atoms. The minimum absolute atomic E-state index is 0.0226. The number of aryl methyl sites for hydroxylation is 1. The fourth-order valence-corrected chi connectivity index (χ4v) is 4.30. The fourth-order valence-electron chi connectivity index (χ4n) is 4.30. The Balaban J connectivity index is 1.48. The minimum atomic E-state index is -0.228. The highest BCUT2D eigenvalue weighted by Crippen LogP contribution is 2.38. The Kier molecular flexibility index (Phi) is 5.96. The molecule has 29 heavy (non-hydrogen) atoms. The van der Waals surface area contributed by atoms with Crippen molar-refractivity contribution in [1.29, 1.82) is 0 Å². The van der Waals surface area contributed by atoms with Gasteiger partial charge in [-0.2, -0.15) is 10.1 Å². The minimum Gasteiger partial charge on any atom is -0.385 e. The van der Waals surface area contributed by atoms with E-state index in [2.05, 4.69) is 10.3 Å². The van der Waals surface area contributed by atoms with Crippen molar-refractivity contribution in [3.8, 4) is 0 Å². The quantitative estimate of drug-likeness (QED) is 0.727. The Labute approximate surface area is 170 Å². The number of carbonyl (C=O) groups is 1. The average molecular weight is 403 g/mol. The largest absolute Gasteiger partial charge is 0.385 e. The summed E-state index contributed by atoms with van der Waals surface area (Å²) in [6.45, 7) is 3.40. The topological polar surface area (TPSA) is 95.5 Å². The molecule has 0 unspecified atom stereocenters. The summed E-state index contributed by atoms with van der Waals surface area (Å²) in [5.74, 6) is 1.77. The first kappa shape index (κ1) is 20.0. The van der Waals surface area contributed by atoms with Gasteiger partial charge in [-0.15, -0.1) is 0 Å². The van der Waals surface area contributed by atoms with E-state index >= 15 is 0 Å². The van der Waals surface area contributed by atoms with E-state index in [1.165, 1.54) is 0 Å². The number of rotatable bonds is 6. The maximum absolute atomic E-state index is 12.8. The Morgan fingerprint density at radius 1 is 1.31 bits per heavy atom. The van der Waals surface area contributed by atoms with Crippen molar-refractivity contribution >= 4 is 5.91 Å². The van der Waals surface area contributed by atoms with Crippen LogP contribution in [0.25, 0.3) is 0 Å². The highest BCUT2D eigenvalue weighted by atomic mass is 16.5. The highest BCUT2D eigenvalue weighted by Gasteiger charge is 2.41. The van der Waals surface area contributed by atoms with Gasteiger partial charge in [0.15, 0.2) is 5.82 Å². The summed E-state index contributed by atoms with van der Waals surface area (Å²) in [4.78, 5) is 19.5. The first-order valence-corrected chi connectivity index (χ1v) is 10.3. The van der Waals surface area contributed by atoms with Crippen molar-refractivity contribution < 1.29 is 18.8 Å². The summed E-state index contributed by atoms with van der Waals surface area (Å²) in [5, 5.41) is 8.48. The molecule has 1 amide bonds. The van der Waals surface area contributed by atoms with E-state index in [0.717, 1.165) is 51.1 Å². The van der Waals surface area contributed by atoms with Crippen molar-refractivity contribution in [3.05, 3.63) is 29.7 Å². The molecule has 2 aromatic heterocycles. The molecule has 0 atom stereocenters. The number of ether oxygens (including phenoxy) is 2. The van der Waals surface area contributed by atoms with Crippen LogP contribution in [0.5, 0.6) is 0 Å². The van der Waals surface area contributed by atoms with E-state index in [-0.39, 0.29) is 17.2 Å². The molecule has 2 fully saturated rings. The first-order valence-electron chi connectivity index (χ1n) is 10.3. The van der Waals surface area contributed by atoms with Gasteiger partial charge in [-0.05, 0) is 32.1 Å². The number of hydrogen-bond donors (Lipinski definition) is 0. The number of carbonyl (C=O) groups excluding carboxylic acids is 1. The van der Waals surface area contributed by atoms with Crippen LogP contribution in [0.15, 0.2) is 16.9 Å². The van der Waals surface area contributed by atoms with Gasteiger partial charge in [0, 0.05) is 64.6 Å². The zero-order valence-corrected chi connectivity index (χ0v) is 17.2. The van der Waals surface area contributed by atoms with Crippen LogP contribution in [-0.2, 0) is 21.9 Å². The second-order valence-electron chi connectivity index (χ2n) is 8.06. The van der Waals surface area contributed by atoms with E-state index < -0.39 is 0 Å².